The second-order valence-electron chi connectivity index (χ2n) is 4.33. The van der Waals surface area contributed by atoms with Gasteiger partial charge in [0.1, 0.15) is 0 Å². The van der Waals surface area contributed by atoms with Crippen molar-refractivity contribution >= 4 is 31.5 Å². The molecule has 0 aliphatic rings. The molecule has 1 aromatic rings. The maximum Gasteiger partial charge on any atom is 0.435 e. The monoisotopic (exact) mass is 453 g/mol. The molecule has 0 heterocycles. The molecular weight excluding hydrogens is 449 g/mol. The topological polar surface area (TPSA) is 60.2 Å². The molecule has 0 unspecified atom stereocenters. The highest BCUT2D eigenvalue weighted by Gasteiger charge is 2.73. The molecule has 138 valence electrons. The van der Waals surface area contributed by atoms with Gasteiger partial charge in [-0.05, 0) is 28.1 Å². The molecule has 14 heteroatoms. The van der Waals surface area contributed by atoms with Crippen LogP contribution in [0.1, 0.15) is 5.56 Å². The third-order valence-corrected chi connectivity index (χ3v) is 4.89. The minimum absolute atomic E-state index is 0.0825. The van der Waals surface area contributed by atoms with E-state index in [2.05, 4.69) is 15.9 Å². The van der Waals surface area contributed by atoms with Crippen LogP contribution in [0.5, 0.6) is 0 Å². The van der Waals surface area contributed by atoms with Crippen LogP contribution in [0.4, 0.5) is 45.2 Å². The first-order valence-corrected chi connectivity index (χ1v) is 7.75. The summed E-state index contributed by atoms with van der Waals surface area (Å²) in [4.78, 5) is -1.77. The first-order valence-electron chi connectivity index (χ1n) is 5.41. The van der Waals surface area contributed by atoms with Crippen LogP contribution in [0.3, 0.4) is 0 Å². The van der Waals surface area contributed by atoms with Gasteiger partial charge in [0, 0.05) is 10.0 Å². The quantitative estimate of drug-likeness (QED) is 0.547. The van der Waals surface area contributed by atoms with E-state index in [9.17, 15) is 47.9 Å². The van der Waals surface area contributed by atoms with Gasteiger partial charge in [0.2, 0.25) is 9.84 Å². The van der Waals surface area contributed by atoms with E-state index in [0.29, 0.717) is 0 Å². The average Bonchev–Trinajstić information content (AvgIpc) is 2.37. The number of nitrogen functional groups attached to an aromatic ring is 1. The molecular formula is C10H5BrF9NO2S. The summed E-state index contributed by atoms with van der Waals surface area (Å²) in [5.41, 5.74) is -4.26. The van der Waals surface area contributed by atoms with E-state index in [1.807, 2.05) is 0 Å². The lowest BCUT2D eigenvalue weighted by Gasteiger charge is -2.31. The van der Waals surface area contributed by atoms with Crippen LogP contribution in [-0.4, -0.2) is 26.5 Å². The van der Waals surface area contributed by atoms with Crippen molar-refractivity contribution in [3.8, 4) is 0 Å². The van der Waals surface area contributed by atoms with Crippen molar-refractivity contribution in [3.63, 3.8) is 0 Å². The fourth-order valence-corrected chi connectivity index (χ4v) is 3.10. The van der Waals surface area contributed by atoms with Crippen molar-refractivity contribution in [2.45, 2.75) is 28.7 Å². The van der Waals surface area contributed by atoms with Gasteiger partial charge in [-0.1, -0.05) is 0 Å². The van der Waals surface area contributed by atoms with Crippen molar-refractivity contribution in [1.82, 2.24) is 0 Å². The van der Waals surface area contributed by atoms with Crippen molar-refractivity contribution in [3.05, 3.63) is 22.2 Å². The lowest BCUT2D eigenvalue weighted by atomic mass is 9.94. The molecule has 0 fully saturated rings. The number of hydrogen-bond acceptors (Lipinski definition) is 3. The molecule has 0 saturated carbocycles. The molecule has 2 N–H and O–H groups in total. The summed E-state index contributed by atoms with van der Waals surface area (Å²) in [6, 6.07) is -0.594. The Bertz CT molecular complexity index is 728. The summed E-state index contributed by atoms with van der Waals surface area (Å²) in [5.74, 6) is -4.20. The summed E-state index contributed by atoms with van der Waals surface area (Å²) >= 11 is 2.33. The molecule has 0 spiro atoms. The second-order valence-corrected chi connectivity index (χ2v) is 7.07. The Balaban J connectivity index is 3.89. The van der Waals surface area contributed by atoms with Gasteiger partial charge in [0.25, 0.3) is 0 Å². The Morgan fingerprint density at radius 3 is 1.71 bits per heavy atom. The number of benzene rings is 1. The van der Waals surface area contributed by atoms with Gasteiger partial charge < -0.3 is 5.73 Å². The number of anilines is 1. The smallest absolute Gasteiger partial charge is 0.397 e. The standard InChI is InChI=1S/C10H5BrF9NO2S/c11-4-1-3(8(14,9(15,16)17)10(18,19)20)2-5(6(4)21)24(22,23)7(12)13/h1-2,7H,21H2. The highest BCUT2D eigenvalue weighted by Crippen LogP contribution is 2.54. The van der Waals surface area contributed by atoms with E-state index in [0.717, 1.165) is 0 Å². The van der Waals surface area contributed by atoms with Gasteiger partial charge >= 0.3 is 23.8 Å². The molecule has 0 atom stereocenters. The molecule has 0 aliphatic heterocycles. The van der Waals surface area contributed by atoms with Crippen LogP contribution < -0.4 is 5.73 Å². The maximum atomic E-state index is 13.9. The number of nitrogens with two attached hydrogens (primary N) is 1. The Morgan fingerprint density at radius 1 is 0.958 bits per heavy atom. The Kier molecular flexibility index (Phi) is 5.19. The van der Waals surface area contributed by atoms with Crippen LogP contribution in [0.15, 0.2) is 21.5 Å². The summed E-state index contributed by atoms with van der Waals surface area (Å²) < 4.78 is 137. The maximum absolute atomic E-state index is 13.9. The number of hydrogen-bond donors (Lipinski definition) is 1. The second kappa shape index (κ2) is 5.97. The van der Waals surface area contributed by atoms with E-state index in [4.69, 9.17) is 5.73 Å². The third-order valence-electron chi connectivity index (χ3n) is 2.81. The molecule has 3 nitrogen and oxygen atoms in total. The van der Waals surface area contributed by atoms with Gasteiger partial charge in [-0.15, -0.1) is 0 Å². The van der Waals surface area contributed by atoms with E-state index in [-0.39, 0.29) is 6.07 Å². The number of rotatable bonds is 3. The lowest BCUT2D eigenvalue weighted by Crippen LogP contribution is -2.50. The molecule has 0 radical (unpaired) electrons. The summed E-state index contributed by atoms with van der Waals surface area (Å²) in [7, 11) is -5.69. The Labute approximate surface area is 136 Å². The summed E-state index contributed by atoms with van der Waals surface area (Å²) in [6.45, 7) is 0. The molecule has 0 amide bonds. The third kappa shape index (κ3) is 3.17. The Hall–Kier alpha value is -1.18. The molecule has 0 saturated heterocycles. The van der Waals surface area contributed by atoms with Gasteiger partial charge in [0.15, 0.2) is 0 Å². The zero-order chi connectivity index (χ0) is 19.3. The Morgan fingerprint density at radius 2 is 1.38 bits per heavy atom. The van der Waals surface area contributed by atoms with Gasteiger partial charge in [-0.3, -0.25) is 0 Å². The van der Waals surface area contributed by atoms with Crippen LogP contribution in [0.2, 0.25) is 0 Å². The van der Waals surface area contributed by atoms with E-state index in [1.54, 1.807) is 0 Å². The van der Waals surface area contributed by atoms with Crippen LogP contribution in [-0.2, 0) is 15.5 Å². The van der Waals surface area contributed by atoms with E-state index >= 15 is 0 Å². The fourth-order valence-electron chi connectivity index (χ4n) is 1.61. The summed E-state index contributed by atoms with van der Waals surface area (Å²) in [6.07, 6.45) is -13.1. The molecule has 24 heavy (non-hydrogen) atoms. The van der Waals surface area contributed by atoms with Crippen molar-refractivity contribution in [2.75, 3.05) is 5.73 Å². The van der Waals surface area contributed by atoms with Gasteiger partial charge in [-0.25, -0.2) is 12.8 Å². The number of halogens is 10. The largest absolute Gasteiger partial charge is 0.435 e. The van der Waals surface area contributed by atoms with Gasteiger partial charge in [-0.2, -0.15) is 35.1 Å². The van der Waals surface area contributed by atoms with Gasteiger partial charge in [0.05, 0.1) is 10.6 Å². The highest BCUT2D eigenvalue weighted by atomic mass is 79.9. The summed E-state index contributed by atoms with van der Waals surface area (Å²) in [5, 5.41) is 0. The first kappa shape index (κ1) is 20.9. The molecule has 1 aromatic carbocycles. The SMILES string of the molecule is Nc1c(Br)cc(C(F)(C(F)(F)F)C(F)(F)F)cc1S(=O)(=O)C(F)F. The number of alkyl halides is 9. The predicted molar refractivity (Wildman–Crippen MR) is 66.6 cm³/mol. The average molecular weight is 454 g/mol. The van der Waals surface area contributed by atoms with Crippen molar-refractivity contribution < 1.29 is 47.9 Å². The van der Waals surface area contributed by atoms with Crippen LogP contribution in [0, 0.1) is 0 Å². The first-order chi connectivity index (χ1) is 10.5. The molecule has 0 bridgehead atoms. The highest BCUT2D eigenvalue weighted by molar-refractivity contribution is 9.10. The number of sulfone groups is 1. The molecule has 0 aromatic heterocycles. The molecule has 1 rings (SSSR count). The van der Waals surface area contributed by atoms with Crippen molar-refractivity contribution in [1.29, 1.82) is 0 Å². The van der Waals surface area contributed by atoms with E-state index in [1.165, 1.54) is 0 Å². The zero-order valence-electron chi connectivity index (χ0n) is 10.8. The van der Waals surface area contributed by atoms with E-state index < -0.39 is 60.3 Å². The lowest BCUT2D eigenvalue weighted by molar-refractivity contribution is -0.348. The van der Waals surface area contributed by atoms with Crippen LogP contribution in [0.25, 0.3) is 0 Å². The fraction of sp³-hybridized carbons (Fsp3) is 0.400. The van der Waals surface area contributed by atoms with Crippen LogP contribution >= 0.6 is 15.9 Å². The van der Waals surface area contributed by atoms with Crippen molar-refractivity contribution in [2.24, 2.45) is 0 Å². The minimum atomic E-state index is -6.55. The normalized spacial score (nSPS) is 14.3. The molecule has 0 aliphatic carbocycles. The minimum Gasteiger partial charge on any atom is -0.397 e. The predicted octanol–water partition coefficient (Wildman–Crippen LogP) is 4.32. The zero-order valence-corrected chi connectivity index (χ0v) is 13.2.